The van der Waals surface area contributed by atoms with Crippen LogP contribution in [0.25, 0.3) is 11.1 Å². The number of allylic oxidation sites excluding steroid dienone is 6. The predicted octanol–water partition coefficient (Wildman–Crippen LogP) is 5.89. The Balaban J connectivity index is 0.00000137. The van der Waals surface area contributed by atoms with Gasteiger partial charge in [0.2, 0.25) is 0 Å². The second-order valence-corrected chi connectivity index (χ2v) is 3.55. The average Bonchev–Trinajstić information content (AvgIpc) is 2.46. The predicted molar refractivity (Wildman–Crippen MR) is 85.5 cm³/mol. The lowest BCUT2D eigenvalue weighted by molar-refractivity contribution is 1.50. The molecule has 0 radical (unpaired) electrons. The van der Waals surface area contributed by atoms with Gasteiger partial charge in [-0.05, 0) is 36.1 Å². The summed E-state index contributed by atoms with van der Waals surface area (Å²) < 4.78 is 0. The molecule has 0 saturated carbocycles. The van der Waals surface area contributed by atoms with Gasteiger partial charge in [0.05, 0.1) is 0 Å². The van der Waals surface area contributed by atoms with Gasteiger partial charge in [0.1, 0.15) is 0 Å². The summed E-state index contributed by atoms with van der Waals surface area (Å²) >= 11 is 0. The molecular formula is C18H24. The van der Waals surface area contributed by atoms with Crippen LogP contribution in [-0.2, 0) is 0 Å². The molecule has 0 fully saturated rings. The fraction of sp³-hybridized carbons (Fsp3) is 0.222. The molecular weight excluding hydrogens is 216 g/mol. The van der Waals surface area contributed by atoms with Crippen molar-refractivity contribution < 1.29 is 0 Å². The van der Waals surface area contributed by atoms with Crippen LogP contribution in [0, 0.1) is 0 Å². The molecule has 1 aromatic rings. The van der Waals surface area contributed by atoms with E-state index in [0.717, 1.165) is 11.1 Å². The third-order valence-electron chi connectivity index (χ3n) is 2.49. The van der Waals surface area contributed by atoms with Gasteiger partial charge >= 0.3 is 0 Å². The molecule has 1 aromatic carbocycles. The van der Waals surface area contributed by atoms with Crippen LogP contribution in [0.4, 0.5) is 0 Å². The monoisotopic (exact) mass is 240 g/mol. The Labute approximate surface area is 112 Å². The van der Waals surface area contributed by atoms with Gasteiger partial charge in [0.25, 0.3) is 0 Å². The summed E-state index contributed by atoms with van der Waals surface area (Å²) in [5, 5.41) is 0. The molecule has 0 aliphatic heterocycles. The first-order valence-electron chi connectivity index (χ1n) is 6.44. The van der Waals surface area contributed by atoms with Crippen molar-refractivity contribution in [2.75, 3.05) is 0 Å². The Morgan fingerprint density at radius 2 is 1.50 bits per heavy atom. The largest absolute Gasteiger partial charge is 0.0985 e. The Hall–Kier alpha value is -1.82. The van der Waals surface area contributed by atoms with E-state index in [2.05, 4.69) is 49.6 Å². The van der Waals surface area contributed by atoms with Crippen LogP contribution in [0.2, 0.25) is 0 Å². The molecule has 0 spiro atoms. The SMILES string of the molecule is C=CC(=C)c1ccc(C(/C=C\C)=C/C)cc1.CC. The lowest BCUT2D eigenvalue weighted by Gasteiger charge is -2.04. The zero-order valence-electron chi connectivity index (χ0n) is 12.0. The second kappa shape index (κ2) is 9.23. The Kier molecular flexibility index (Phi) is 8.30. The van der Waals surface area contributed by atoms with Gasteiger partial charge in [-0.2, -0.15) is 0 Å². The average molecular weight is 240 g/mol. The molecule has 0 amide bonds. The highest BCUT2D eigenvalue weighted by Gasteiger charge is 1.98. The molecule has 0 saturated heterocycles. The molecule has 0 bridgehead atoms. The van der Waals surface area contributed by atoms with Crippen LogP contribution in [0.1, 0.15) is 38.8 Å². The lowest BCUT2D eigenvalue weighted by Crippen LogP contribution is -1.83. The molecule has 18 heavy (non-hydrogen) atoms. The van der Waals surface area contributed by atoms with Crippen LogP contribution < -0.4 is 0 Å². The first-order chi connectivity index (χ1) is 8.72. The quantitative estimate of drug-likeness (QED) is 0.575. The highest BCUT2D eigenvalue weighted by molar-refractivity contribution is 5.77. The highest BCUT2D eigenvalue weighted by Crippen LogP contribution is 2.19. The van der Waals surface area contributed by atoms with Crippen molar-refractivity contribution in [1.82, 2.24) is 0 Å². The molecule has 0 unspecified atom stereocenters. The fourth-order valence-corrected chi connectivity index (χ4v) is 1.53. The van der Waals surface area contributed by atoms with Crippen molar-refractivity contribution in [1.29, 1.82) is 0 Å². The van der Waals surface area contributed by atoms with Crippen molar-refractivity contribution in [3.05, 3.63) is 72.9 Å². The van der Waals surface area contributed by atoms with Crippen LogP contribution in [0.15, 0.2) is 61.7 Å². The molecule has 96 valence electrons. The van der Waals surface area contributed by atoms with E-state index in [1.165, 1.54) is 11.1 Å². The van der Waals surface area contributed by atoms with Gasteiger partial charge in [-0.3, -0.25) is 0 Å². The van der Waals surface area contributed by atoms with Gasteiger partial charge in [-0.1, -0.05) is 75.6 Å². The van der Waals surface area contributed by atoms with E-state index in [1.807, 2.05) is 33.8 Å². The van der Waals surface area contributed by atoms with Crippen LogP contribution in [0.3, 0.4) is 0 Å². The highest BCUT2D eigenvalue weighted by atomic mass is 14.0. The smallest absolute Gasteiger partial charge is 0.0187 e. The molecule has 0 heterocycles. The van der Waals surface area contributed by atoms with Crippen LogP contribution in [-0.4, -0.2) is 0 Å². The first kappa shape index (κ1) is 16.2. The number of rotatable bonds is 4. The van der Waals surface area contributed by atoms with Crippen molar-refractivity contribution >= 4 is 11.1 Å². The number of hydrogen-bond acceptors (Lipinski definition) is 0. The van der Waals surface area contributed by atoms with E-state index in [0.29, 0.717) is 0 Å². The summed E-state index contributed by atoms with van der Waals surface area (Å²) in [6, 6.07) is 8.37. The minimum Gasteiger partial charge on any atom is -0.0985 e. The van der Waals surface area contributed by atoms with Crippen molar-refractivity contribution in [2.24, 2.45) is 0 Å². The van der Waals surface area contributed by atoms with Gasteiger partial charge in [0.15, 0.2) is 0 Å². The molecule has 1 rings (SSSR count). The molecule has 0 atom stereocenters. The second-order valence-electron chi connectivity index (χ2n) is 3.55. The van der Waals surface area contributed by atoms with E-state index in [-0.39, 0.29) is 0 Å². The summed E-state index contributed by atoms with van der Waals surface area (Å²) in [5.74, 6) is 0. The standard InChI is InChI=1S/C16H18.C2H6/c1-5-8-14(7-3)16-11-9-15(10-12-16)13(4)6-2;1-2/h5-12H,2,4H2,1,3H3;1-2H3/b8-5-,14-7+;. The maximum Gasteiger partial charge on any atom is -0.0187 e. The van der Waals surface area contributed by atoms with E-state index < -0.39 is 0 Å². The molecule has 0 heteroatoms. The van der Waals surface area contributed by atoms with E-state index in [1.54, 1.807) is 6.08 Å². The third kappa shape index (κ3) is 4.58. The summed E-state index contributed by atoms with van der Waals surface area (Å²) in [4.78, 5) is 0. The van der Waals surface area contributed by atoms with E-state index in [9.17, 15) is 0 Å². The topological polar surface area (TPSA) is 0 Å². The minimum atomic E-state index is 0.958. The van der Waals surface area contributed by atoms with Crippen molar-refractivity contribution in [2.45, 2.75) is 27.7 Å². The van der Waals surface area contributed by atoms with Gasteiger partial charge in [-0.15, -0.1) is 0 Å². The summed E-state index contributed by atoms with van der Waals surface area (Å²) in [6.45, 7) is 15.7. The van der Waals surface area contributed by atoms with Crippen LogP contribution in [0.5, 0.6) is 0 Å². The Bertz CT molecular complexity index is 428. The van der Waals surface area contributed by atoms with Gasteiger partial charge < -0.3 is 0 Å². The lowest BCUT2D eigenvalue weighted by atomic mass is 10.0. The Morgan fingerprint density at radius 3 is 1.89 bits per heavy atom. The van der Waals surface area contributed by atoms with Crippen molar-refractivity contribution in [3.63, 3.8) is 0 Å². The molecule has 0 N–H and O–H groups in total. The maximum absolute atomic E-state index is 3.93. The third-order valence-corrected chi connectivity index (χ3v) is 2.49. The Morgan fingerprint density at radius 1 is 1.00 bits per heavy atom. The molecule has 0 aliphatic rings. The van der Waals surface area contributed by atoms with Crippen molar-refractivity contribution in [3.8, 4) is 0 Å². The van der Waals surface area contributed by atoms with Crippen LogP contribution >= 0.6 is 0 Å². The first-order valence-corrected chi connectivity index (χ1v) is 6.44. The zero-order valence-corrected chi connectivity index (χ0v) is 12.0. The molecule has 0 nitrogen and oxygen atoms in total. The normalized spacial score (nSPS) is 10.8. The summed E-state index contributed by atoms with van der Waals surface area (Å²) in [5.41, 5.74) is 4.54. The van der Waals surface area contributed by atoms with Gasteiger partial charge in [-0.25, -0.2) is 0 Å². The molecule has 0 aliphatic carbocycles. The van der Waals surface area contributed by atoms with Gasteiger partial charge in [0, 0.05) is 0 Å². The number of hydrogen-bond donors (Lipinski definition) is 0. The summed E-state index contributed by atoms with van der Waals surface area (Å²) in [7, 11) is 0. The van der Waals surface area contributed by atoms with E-state index >= 15 is 0 Å². The summed E-state index contributed by atoms with van der Waals surface area (Å²) in [6.07, 6.45) is 8.04. The minimum absolute atomic E-state index is 0.958. The van der Waals surface area contributed by atoms with E-state index in [4.69, 9.17) is 0 Å². The fourth-order valence-electron chi connectivity index (χ4n) is 1.53. The zero-order chi connectivity index (χ0) is 14.0. The number of benzene rings is 1. The molecule has 0 aromatic heterocycles. The maximum atomic E-state index is 3.93.